The number of rotatable bonds is 2. The Balaban J connectivity index is 2.90. The molecule has 2 nitrogen and oxygen atoms in total. The third-order valence-corrected chi connectivity index (χ3v) is 1.26. The van der Waals surface area contributed by atoms with Gasteiger partial charge in [-0.2, -0.15) is 0 Å². The lowest BCUT2D eigenvalue weighted by molar-refractivity contribution is 0.415. The molecule has 0 atom stereocenters. The van der Waals surface area contributed by atoms with E-state index in [2.05, 4.69) is 0 Å². The van der Waals surface area contributed by atoms with Gasteiger partial charge in [-0.1, -0.05) is 0 Å². The Bertz CT molecular complexity index is 213. The van der Waals surface area contributed by atoms with E-state index in [1.54, 1.807) is 31.4 Å². The van der Waals surface area contributed by atoms with Crippen LogP contribution >= 0.6 is 0 Å². The van der Waals surface area contributed by atoms with Gasteiger partial charge in [0.15, 0.2) is 0 Å². The summed E-state index contributed by atoms with van der Waals surface area (Å²) in [6.45, 7) is 0. The average Bonchev–Trinajstić information content (AvgIpc) is 2.05. The molecule has 10 heavy (non-hydrogen) atoms. The minimum Gasteiger partial charge on any atom is -0.497 e. The van der Waals surface area contributed by atoms with Crippen LogP contribution in [0.25, 0.3) is 0 Å². The highest BCUT2D eigenvalue weighted by Crippen LogP contribution is 2.08. The van der Waals surface area contributed by atoms with E-state index in [9.17, 15) is 0 Å². The molecular formula is C8H9O2+. The molecule has 0 saturated carbocycles. The van der Waals surface area contributed by atoms with Gasteiger partial charge in [0.2, 0.25) is 0 Å². The molecule has 0 aliphatic heterocycles. The summed E-state index contributed by atoms with van der Waals surface area (Å²) in [5.74, 6) is 0.797. The Labute approximate surface area is 59.4 Å². The summed E-state index contributed by atoms with van der Waals surface area (Å²) in [6.07, 6.45) is 1.06. The summed E-state index contributed by atoms with van der Waals surface area (Å²) in [4.78, 5) is 8.54. The van der Waals surface area contributed by atoms with E-state index < -0.39 is 0 Å². The minimum atomic E-state index is 0.779. The molecule has 0 aliphatic rings. The highest BCUT2D eigenvalue weighted by molar-refractivity contribution is 5.75. The van der Waals surface area contributed by atoms with Crippen LogP contribution in [0, 0.1) is 0 Å². The lowest BCUT2D eigenvalue weighted by atomic mass is 10.2. The smallest absolute Gasteiger partial charge is 0.312 e. The van der Waals surface area contributed by atoms with Gasteiger partial charge in [-0.25, -0.2) is 0 Å². The maximum atomic E-state index is 8.54. The summed E-state index contributed by atoms with van der Waals surface area (Å²) in [6, 6.07) is 7.14. The van der Waals surface area contributed by atoms with Crippen LogP contribution in [0.3, 0.4) is 0 Å². The predicted octanol–water partition coefficient (Wildman–Crippen LogP) is 1.22. The molecule has 1 N–H and O–H groups in total. The number of hydrogen-bond donors (Lipinski definition) is 0. The van der Waals surface area contributed by atoms with Gasteiger partial charge >= 0.3 is 6.29 Å². The maximum absolute atomic E-state index is 8.54. The Kier molecular flexibility index (Phi) is 2.05. The Morgan fingerprint density at radius 3 is 2.30 bits per heavy atom. The maximum Gasteiger partial charge on any atom is 0.312 e. The van der Waals surface area contributed by atoms with Crippen molar-refractivity contribution in [3.63, 3.8) is 0 Å². The summed E-state index contributed by atoms with van der Waals surface area (Å²) >= 11 is 0. The van der Waals surface area contributed by atoms with Gasteiger partial charge in [-0.05, 0) is 24.3 Å². The molecule has 0 aliphatic carbocycles. The van der Waals surface area contributed by atoms with E-state index in [-0.39, 0.29) is 0 Å². The number of aldehydes is 1. The van der Waals surface area contributed by atoms with E-state index in [1.807, 2.05) is 0 Å². The van der Waals surface area contributed by atoms with Gasteiger partial charge in [0.05, 0.1) is 12.7 Å². The van der Waals surface area contributed by atoms with Crippen LogP contribution < -0.4 is 4.74 Å². The van der Waals surface area contributed by atoms with Crippen molar-refractivity contribution < 1.29 is 9.53 Å². The standard InChI is InChI=1S/C8H8O2/c1-10-8-4-2-7(6-9)3-5-8/h2-6H,1H3/p+1. The number of benzene rings is 1. The molecule has 0 radical (unpaired) electrons. The van der Waals surface area contributed by atoms with Crippen molar-refractivity contribution in [2.75, 3.05) is 7.11 Å². The first kappa shape index (κ1) is 6.81. The van der Waals surface area contributed by atoms with Crippen LogP contribution in [-0.2, 0) is 0 Å². The van der Waals surface area contributed by atoms with E-state index in [0.29, 0.717) is 0 Å². The lowest BCUT2D eigenvalue weighted by Crippen LogP contribution is -1.83. The molecule has 0 fully saturated rings. The second-order valence-electron chi connectivity index (χ2n) is 1.90. The molecule has 0 spiro atoms. The van der Waals surface area contributed by atoms with Crippen LogP contribution in [-0.4, -0.2) is 18.2 Å². The van der Waals surface area contributed by atoms with Crippen molar-refractivity contribution in [1.82, 2.24) is 0 Å². The first-order chi connectivity index (χ1) is 4.86. The van der Waals surface area contributed by atoms with E-state index in [0.717, 1.165) is 17.6 Å². The SMILES string of the molecule is COc1ccc(C=[OH+])cc1. The molecule has 1 rings (SSSR count). The van der Waals surface area contributed by atoms with E-state index in [1.165, 1.54) is 0 Å². The normalized spacial score (nSPS) is 8.90. The molecule has 0 aromatic heterocycles. The zero-order chi connectivity index (χ0) is 7.40. The fraction of sp³-hybridized carbons (Fsp3) is 0.125. The third-order valence-electron chi connectivity index (χ3n) is 1.26. The Morgan fingerprint density at radius 1 is 1.30 bits per heavy atom. The van der Waals surface area contributed by atoms with Gasteiger partial charge in [0.1, 0.15) is 5.75 Å². The number of ether oxygens (including phenoxy) is 1. The molecule has 0 heterocycles. The van der Waals surface area contributed by atoms with Gasteiger partial charge in [0.25, 0.3) is 0 Å². The monoisotopic (exact) mass is 137 g/mol. The second-order valence-corrected chi connectivity index (χ2v) is 1.90. The molecule has 0 amide bonds. The average molecular weight is 137 g/mol. The van der Waals surface area contributed by atoms with Crippen LogP contribution in [0.2, 0.25) is 0 Å². The first-order valence-electron chi connectivity index (χ1n) is 2.98. The molecule has 2 heteroatoms. The molecule has 1 aromatic rings. The van der Waals surface area contributed by atoms with Crippen molar-refractivity contribution in [3.05, 3.63) is 29.8 Å². The molecule has 0 saturated heterocycles. The largest absolute Gasteiger partial charge is 0.497 e. The zero-order valence-electron chi connectivity index (χ0n) is 5.74. The molecule has 1 aromatic carbocycles. The van der Waals surface area contributed by atoms with Gasteiger partial charge in [-0.3, -0.25) is 4.79 Å². The quantitative estimate of drug-likeness (QED) is 0.445. The van der Waals surface area contributed by atoms with Crippen molar-refractivity contribution in [2.45, 2.75) is 0 Å². The minimum absolute atomic E-state index is 0.779. The third kappa shape index (κ3) is 1.35. The number of carbonyl (C=O) groups excluding carboxylic acids is 1. The van der Waals surface area contributed by atoms with Crippen LogP contribution in [0.4, 0.5) is 0 Å². The summed E-state index contributed by atoms with van der Waals surface area (Å²) in [5.41, 5.74) is 0.779. The van der Waals surface area contributed by atoms with Crippen molar-refractivity contribution >= 4 is 6.29 Å². The van der Waals surface area contributed by atoms with Crippen molar-refractivity contribution in [1.29, 1.82) is 0 Å². The summed E-state index contributed by atoms with van der Waals surface area (Å²) in [5, 5.41) is 0. The predicted molar refractivity (Wildman–Crippen MR) is 40.1 cm³/mol. The molecule has 0 bridgehead atoms. The van der Waals surface area contributed by atoms with Gasteiger partial charge < -0.3 is 4.74 Å². The molecule has 0 unspecified atom stereocenters. The lowest BCUT2D eigenvalue weighted by Gasteiger charge is -1.95. The Hall–Kier alpha value is -1.31. The molecule has 52 valence electrons. The first-order valence-corrected chi connectivity index (χ1v) is 2.98. The fourth-order valence-corrected chi connectivity index (χ4v) is 0.690. The zero-order valence-corrected chi connectivity index (χ0v) is 5.74. The highest BCUT2D eigenvalue weighted by Gasteiger charge is 1.92. The highest BCUT2D eigenvalue weighted by atomic mass is 16.5. The summed E-state index contributed by atoms with van der Waals surface area (Å²) < 4.78 is 4.92. The summed E-state index contributed by atoms with van der Waals surface area (Å²) in [7, 11) is 1.61. The van der Waals surface area contributed by atoms with Crippen LogP contribution in [0.1, 0.15) is 5.56 Å². The Morgan fingerprint density at radius 2 is 1.90 bits per heavy atom. The topological polar surface area (TPSA) is 30.6 Å². The van der Waals surface area contributed by atoms with Crippen molar-refractivity contribution in [3.8, 4) is 5.75 Å². The van der Waals surface area contributed by atoms with Gasteiger partial charge in [0, 0.05) is 0 Å². The van der Waals surface area contributed by atoms with Crippen LogP contribution in [0.15, 0.2) is 24.3 Å². The van der Waals surface area contributed by atoms with Crippen LogP contribution in [0.5, 0.6) is 5.75 Å². The fourth-order valence-electron chi connectivity index (χ4n) is 0.690. The number of methoxy groups -OCH3 is 1. The van der Waals surface area contributed by atoms with E-state index in [4.69, 9.17) is 9.53 Å². The molecular weight excluding hydrogens is 128 g/mol. The van der Waals surface area contributed by atoms with E-state index >= 15 is 0 Å². The second kappa shape index (κ2) is 3.01. The number of hydrogen-bond acceptors (Lipinski definition) is 1. The van der Waals surface area contributed by atoms with Crippen molar-refractivity contribution in [2.24, 2.45) is 0 Å². The van der Waals surface area contributed by atoms with Gasteiger partial charge in [-0.15, -0.1) is 0 Å².